The van der Waals surface area contributed by atoms with Gasteiger partial charge in [-0.2, -0.15) is 0 Å². The molecule has 2 aromatic rings. The van der Waals surface area contributed by atoms with Crippen molar-refractivity contribution in [2.75, 3.05) is 36.9 Å². The number of anilines is 2. The Labute approximate surface area is 171 Å². The second-order valence-corrected chi connectivity index (χ2v) is 8.44. The summed E-state index contributed by atoms with van der Waals surface area (Å²) in [6.07, 6.45) is 0. The number of nitrogens with two attached hydrogens (primary N) is 1. The SMILES string of the molecule is CCN(CC)c1ccc(S(N)(=O)=O)cc1NC(=O)C[NH+](C)Cc1ccc(F)cc1. The van der Waals surface area contributed by atoms with Gasteiger partial charge >= 0.3 is 0 Å². The van der Waals surface area contributed by atoms with Crippen LogP contribution in [0, 0.1) is 5.82 Å². The highest BCUT2D eigenvalue weighted by Gasteiger charge is 2.18. The molecule has 0 aliphatic carbocycles. The number of benzene rings is 2. The van der Waals surface area contributed by atoms with Crippen LogP contribution in [-0.4, -0.2) is 41.0 Å². The number of carbonyl (C=O) groups excluding carboxylic acids is 1. The maximum Gasteiger partial charge on any atom is 0.279 e. The first-order valence-corrected chi connectivity index (χ1v) is 11.0. The van der Waals surface area contributed by atoms with Gasteiger partial charge in [0.1, 0.15) is 12.4 Å². The molecule has 0 spiro atoms. The molecule has 0 saturated heterocycles. The number of carbonyl (C=O) groups is 1. The summed E-state index contributed by atoms with van der Waals surface area (Å²) >= 11 is 0. The summed E-state index contributed by atoms with van der Waals surface area (Å²) in [7, 11) is -2.03. The van der Waals surface area contributed by atoms with E-state index in [4.69, 9.17) is 5.14 Å². The first kappa shape index (κ1) is 22.8. The van der Waals surface area contributed by atoms with E-state index >= 15 is 0 Å². The fourth-order valence-corrected chi connectivity index (χ4v) is 3.65. The third kappa shape index (κ3) is 6.52. The number of likely N-dealkylation sites (N-methyl/N-ethyl adjacent to an activating group) is 1. The predicted molar refractivity (Wildman–Crippen MR) is 112 cm³/mol. The Morgan fingerprint density at radius 2 is 1.76 bits per heavy atom. The third-order valence-corrected chi connectivity index (χ3v) is 5.47. The second kappa shape index (κ2) is 9.82. The predicted octanol–water partition coefficient (Wildman–Crippen LogP) is 0.973. The molecule has 0 radical (unpaired) electrons. The Morgan fingerprint density at radius 1 is 1.14 bits per heavy atom. The van der Waals surface area contributed by atoms with Gasteiger partial charge in [0.15, 0.2) is 6.54 Å². The van der Waals surface area contributed by atoms with E-state index in [1.54, 1.807) is 18.2 Å². The van der Waals surface area contributed by atoms with Crippen LogP contribution < -0.4 is 20.3 Å². The number of amides is 1. The van der Waals surface area contributed by atoms with Crippen LogP contribution in [0.15, 0.2) is 47.4 Å². The standard InChI is InChI=1S/C20H27FN4O3S/c1-4-25(5-2)19-11-10-17(29(22,27)28)12-18(19)23-20(26)14-24(3)13-15-6-8-16(21)9-7-15/h6-12H,4-5,13-14H2,1-3H3,(H,23,26)(H2,22,27,28)/p+1. The first-order chi connectivity index (χ1) is 13.6. The van der Waals surface area contributed by atoms with Crippen LogP contribution in [0.1, 0.15) is 19.4 Å². The summed E-state index contributed by atoms with van der Waals surface area (Å²) in [5.41, 5.74) is 2.04. The summed E-state index contributed by atoms with van der Waals surface area (Å²) in [6.45, 7) is 6.06. The molecule has 0 saturated carbocycles. The van der Waals surface area contributed by atoms with Gasteiger partial charge in [0.2, 0.25) is 10.0 Å². The molecule has 0 aliphatic heterocycles. The Morgan fingerprint density at radius 3 is 2.31 bits per heavy atom. The molecule has 0 bridgehead atoms. The highest BCUT2D eigenvalue weighted by Crippen LogP contribution is 2.28. The van der Waals surface area contributed by atoms with E-state index < -0.39 is 10.0 Å². The smallest absolute Gasteiger partial charge is 0.279 e. The molecule has 1 atom stereocenters. The molecule has 2 aromatic carbocycles. The van der Waals surface area contributed by atoms with Crippen LogP contribution in [0.2, 0.25) is 0 Å². The Kier molecular flexibility index (Phi) is 7.72. The van der Waals surface area contributed by atoms with E-state index in [0.29, 0.717) is 25.3 Å². The van der Waals surface area contributed by atoms with Crippen LogP contribution in [0.25, 0.3) is 0 Å². The van der Waals surface area contributed by atoms with E-state index in [0.717, 1.165) is 16.2 Å². The summed E-state index contributed by atoms with van der Waals surface area (Å²) in [5, 5.41) is 8.06. The fraction of sp³-hybridized carbons (Fsp3) is 0.350. The molecule has 0 aliphatic rings. The van der Waals surface area contributed by atoms with Gasteiger partial charge in [0, 0.05) is 18.7 Å². The number of primary sulfonamides is 1. The van der Waals surface area contributed by atoms with Crippen LogP contribution in [-0.2, 0) is 21.4 Å². The number of nitrogens with zero attached hydrogens (tertiary/aromatic N) is 1. The summed E-state index contributed by atoms with van der Waals surface area (Å²) in [5.74, 6) is -0.563. The molecule has 4 N–H and O–H groups in total. The van der Waals surface area contributed by atoms with Crippen LogP contribution in [0.5, 0.6) is 0 Å². The van der Waals surface area contributed by atoms with Crippen molar-refractivity contribution in [3.8, 4) is 0 Å². The zero-order chi connectivity index (χ0) is 21.6. The number of quaternary nitrogens is 1. The molecule has 158 valence electrons. The number of halogens is 1. The summed E-state index contributed by atoms with van der Waals surface area (Å²) in [4.78, 5) is 15.4. The highest BCUT2D eigenvalue weighted by molar-refractivity contribution is 7.89. The monoisotopic (exact) mass is 423 g/mol. The maximum atomic E-state index is 13.0. The number of hydrogen-bond donors (Lipinski definition) is 3. The van der Waals surface area contributed by atoms with E-state index in [1.807, 2.05) is 25.8 Å². The molecule has 1 amide bonds. The number of hydrogen-bond acceptors (Lipinski definition) is 4. The van der Waals surface area contributed by atoms with Gasteiger partial charge < -0.3 is 15.1 Å². The van der Waals surface area contributed by atoms with E-state index in [-0.39, 0.29) is 23.2 Å². The zero-order valence-corrected chi connectivity index (χ0v) is 17.7. The lowest BCUT2D eigenvalue weighted by Crippen LogP contribution is -3.08. The van der Waals surface area contributed by atoms with E-state index in [2.05, 4.69) is 5.32 Å². The molecule has 29 heavy (non-hydrogen) atoms. The molecule has 9 heteroatoms. The average Bonchev–Trinajstić information content (AvgIpc) is 2.64. The molecular weight excluding hydrogens is 395 g/mol. The summed E-state index contributed by atoms with van der Waals surface area (Å²) < 4.78 is 36.5. The van der Waals surface area contributed by atoms with Crippen molar-refractivity contribution in [1.82, 2.24) is 0 Å². The van der Waals surface area contributed by atoms with Crippen molar-refractivity contribution < 1.29 is 22.5 Å². The molecule has 0 fully saturated rings. The number of nitrogens with one attached hydrogen (secondary N) is 2. The Bertz CT molecular complexity index is 945. The first-order valence-electron chi connectivity index (χ1n) is 9.41. The van der Waals surface area contributed by atoms with Crippen molar-refractivity contribution >= 4 is 27.3 Å². The normalized spacial score (nSPS) is 12.4. The van der Waals surface area contributed by atoms with Gasteiger partial charge in [-0.1, -0.05) is 12.1 Å². The van der Waals surface area contributed by atoms with Crippen molar-refractivity contribution in [3.05, 3.63) is 53.8 Å². The fourth-order valence-electron chi connectivity index (χ4n) is 3.11. The van der Waals surface area contributed by atoms with E-state index in [1.165, 1.54) is 24.3 Å². The van der Waals surface area contributed by atoms with Crippen molar-refractivity contribution in [3.63, 3.8) is 0 Å². The minimum absolute atomic E-state index is 0.0595. The zero-order valence-electron chi connectivity index (χ0n) is 16.9. The van der Waals surface area contributed by atoms with Gasteiger partial charge in [0.05, 0.1) is 23.3 Å². The van der Waals surface area contributed by atoms with Gasteiger partial charge in [-0.25, -0.2) is 17.9 Å². The highest BCUT2D eigenvalue weighted by atomic mass is 32.2. The average molecular weight is 424 g/mol. The molecule has 2 rings (SSSR count). The largest absolute Gasteiger partial charge is 0.370 e. The third-order valence-electron chi connectivity index (χ3n) is 4.56. The molecule has 1 unspecified atom stereocenters. The molecule has 0 heterocycles. The Balaban J connectivity index is 2.17. The Hall–Kier alpha value is -2.49. The summed E-state index contributed by atoms with van der Waals surface area (Å²) in [6, 6.07) is 10.6. The van der Waals surface area contributed by atoms with Crippen molar-refractivity contribution in [2.45, 2.75) is 25.3 Å². The van der Waals surface area contributed by atoms with Crippen molar-refractivity contribution in [1.29, 1.82) is 0 Å². The minimum atomic E-state index is -3.89. The van der Waals surface area contributed by atoms with Crippen LogP contribution >= 0.6 is 0 Å². The van der Waals surface area contributed by atoms with Gasteiger partial charge in [-0.05, 0) is 44.2 Å². The molecule has 0 aromatic heterocycles. The quantitative estimate of drug-likeness (QED) is 0.560. The number of sulfonamides is 1. The van der Waals surface area contributed by atoms with E-state index in [9.17, 15) is 17.6 Å². The molecule has 7 nitrogen and oxygen atoms in total. The van der Waals surface area contributed by atoms with Crippen LogP contribution in [0.3, 0.4) is 0 Å². The lowest BCUT2D eigenvalue weighted by molar-refractivity contribution is -0.885. The molecular formula is C20H28FN4O3S+. The van der Waals surface area contributed by atoms with Gasteiger partial charge in [-0.15, -0.1) is 0 Å². The van der Waals surface area contributed by atoms with Gasteiger partial charge in [0.25, 0.3) is 5.91 Å². The maximum absolute atomic E-state index is 13.0. The van der Waals surface area contributed by atoms with Crippen molar-refractivity contribution in [2.24, 2.45) is 5.14 Å². The minimum Gasteiger partial charge on any atom is -0.370 e. The lowest BCUT2D eigenvalue weighted by Gasteiger charge is -2.25. The topological polar surface area (TPSA) is 96.9 Å². The van der Waals surface area contributed by atoms with Gasteiger partial charge in [-0.3, -0.25) is 4.79 Å². The lowest BCUT2D eigenvalue weighted by atomic mass is 10.2. The van der Waals surface area contributed by atoms with Crippen LogP contribution in [0.4, 0.5) is 15.8 Å². The number of rotatable bonds is 9. The second-order valence-electron chi connectivity index (χ2n) is 6.88.